The molecule has 3 N–H and O–H groups in total. The van der Waals surface area contributed by atoms with Gasteiger partial charge >= 0.3 is 0 Å². The van der Waals surface area contributed by atoms with Gasteiger partial charge in [-0.25, -0.2) is 28.0 Å². The SMILES string of the molecule is CCONC(=O)c1cc(F)c(F)c(F)c1Nc1ncc(CF)cc1O. The largest absolute Gasteiger partial charge is 0.504 e. The average molecular weight is 359 g/mol. The average Bonchev–Trinajstić information content (AvgIpc) is 2.61. The van der Waals surface area contributed by atoms with Gasteiger partial charge in [0.1, 0.15) is 6.67 Å². The van der Waals surface area contributed by atoms with Gasteiger partial charge in [0.2, 0.25) is 0 Å². The summed E-state index contributed by atoms with van der Waals surface area (Å²) in [6, 6.07) is 1.47. The lowest BCUT2D eigenvalue weighted by Gasteiger charge is -2.14. The number of rotatable bonds is 6. The second-order valence-corrected chi connectivity index (χ2v) is 4.74. The molecule has 0 spiro atoms. The highest BCUT2D eigenvalue weighted by atomic mass is 19.2. The molecule has 0 unspecified atom stereocenters. The van der Waals surface area contributed by atoms with Gasteiger partial charge in [0, 0.05) is 11.8 Å². The van der Waals surface area contributed by atoms with Gasteiger partial charge in [-0.15, -0.1) is 0 Å². The molecule has 0 fully saturated rings. The lowest BCUT2D eigenvalue weighted by atomic mass is 10.1. The van der Waals surface area contributed by atoms with E-state index >= 15 is 0 Å². The monoisotopic (exact) mass is 359 g/mol. The number of nitrogens with zero attached hydrogens (tertiary/aromatic N) is 1. The van der Waals surface area contributed by atoms with Crippen molar-refractivity contribution in [2.45, 2.75) is 13.6 Å². The van der Waals surface area contributed by atoms with E-state index in [4.69, 9.17) is 0 Å². The van der Waals surface area contributed by atoms with Gasteiger partial charge in [-0.2, -0.15) is 0 Å². The Hall–Kier alpha value is -2.88. The number of aromatic hydroxyl groups is 1. The first-order valence-electron chi connectivity index (χ1n) is 6.99. The van der Waals surface area contributed by atoms with Gasteiger partial charge in [-0.05, 0) is 19.1 Å². The van der Waals surface area contributed by atoms with Gasteiger partial charge in [-0.3, -0.25) is 9.63 Å². The second-order valence-electron chi connectivity index (χ2n) is 4.74. The third-order valence-corrected chi connectivity index (χ3v) is 3.04. The van der Waals surface area contributed by atoms with Crippen LogP contribution in [0.5, 0.6) is 5.75 Å². The van der Waals surface area contributed by atoms with Crippen LogP contribution in [0.25, 0.3) is 0 Å². The zero-order valence-electron chi connectivity index (χ0n) is 12.9. The fourth-order valence-electron chi connectivity index (χ4n) is 1.87. The van der Waals surface area contributed by atoms with Crippen molar-refractivity contribution in [3.05, 3.63) is 46.9 Å². The Morgan fingerprint density at radius 3 is 2.60 bits per heavy atom. The van der Waals surface area contributed by atoms with Crippen LogP contribution in [0.2, 0.25) is 0 Å². The molecule has 0 aliphatic rings. The number of amides is 1. The van der Waals surface area contributed by atoms with Crippen LogP contribution in [0.15, 0.2) is 18.3 Å². The number of hydroxylamine groups is 1. The first-order chi connectivity index (χ1) is 11.9. The summed E-state index contributed by atoms with van der Waals surface area (Å²) < 4.78 is 53.6. The van der Waals surface area contributed by atoms with Crippen molar-refractivity contribution >= 4 is 17.4 Å². The van der Waals surface area contributed by atoms with Crippen molar-refractivity contribution in [2.75, 3.05) is 11.9 Å². The Kier molecular flexibility index (Phi) is 5.75. The Morgan fingerprint density at radius 2 is 2.00 bits per heavy atom. The minimum atomic E-state index is -1.82. The molecular weight excluding hydrogens is 346 g/mol. The molecule has 0 aliphatic heterocycles. The van der Waals surface area contributed by atoms with Crippen molar-refractivity contribution in [2.24, 2.45) is 0 Å². The standard InChI is InChI=1S/C15H13F4N3O3/c1-2-25-22-15(24)8-4-9(17)11(18)12(19)13(8)21-14-10(23)3-7(5-16)6-20-14/h3-4,6,23H,2,5H2,1H3,(H,20,21)(H,22,24). The van der Waals surface area contributed by atoms with Gasteiger partial charge < -0.3 is 10.4 Å². The first-order valence-corrected chi connectivity index (χ1v) is 6.99. The fourth-order valence-corrected chi connectivity index (χ4v) is 1.87. The molecule has 0 saturated carbocycles. The van der Waals surface area contributed by atoms with E-state index in [2.05, 4.69) is 15.1 Å². The maximum absolute atomic E-state index is 14.1. The van der Waals surface area contributed by atoms with Gasteiger partial charge in [0.05, 0.1) is 17.9 Å². The smallest absolute Gasteiger partial charge is 0.277 e. The Balaban J connectivity index is 2.48. The molecule has 10 heteroatoms. The van der Waals surface area contributed by atoms with Crippen LogP contribution < -0.4 is 10.8 Å². The van der Waals surface area contributed by atoms with Crippen molar-refractivity contribution in [1.82, 2.24) is 10.5 Å². The van der Waals surface area contributed by atoms with Gasteiger partial charge in [0.15, 0.2) is 29.0 Å². The van der Waals surface area contributed by atoms with Crippen molar-refractivity contribution < 1.29 is 32.3 Å². The van der Waals surface area contributed by atoms with Gasteiger partial charge in [0.25, 0.3) is 5.91 Å². The molecule has 25 heavy (non-hydrogen) atoms. The number of hydrogen-bond donors (Lipinski definition) is 3. The first kappa shape index (κ1) is 18.5. The summed E-state index contributed by atoms with van der Waals surface area (Å²) in [6.45, 7) is 0.732. The van der Waals surface area contributed by atoms with Crippen molar-refractivity contribution in [3.63, 3.8) is 0 Å². The summed E-state index contributed by atoms with van der Waals surface area (Å²) >= 11 is 0. The lowest BCUT2D eigenvalue weighted by molar-refractivity contribution is 0.0364. The topological polar surface area (TPSA) is 83.5 Å². The van der Waals surface area contributed by atoms with Crippen LogP contribution in [-0.4, -0.2) is 22.6 Å². The molecule has 1 aromatic carbocycles. The van der Waals surface area contributed by atoms with Crippen LogP contribution in [0.1, 0.15) is 22.8 Å². The summed E-state index contributed by atoms with van der Waals surface area (Å²) in [5.41, 5.74) is 0.563. The van der Waals surface area contributed by atoms with Crippen LogP contribution in [0, 0.1) is 17.5 Å². The molecule has 0 aliphatic carbocycles. The van der Waals surface area contributed by atoms with E-state index < -0.39 is 47.0 Å². The highest BCUT2D eigenvalue weighted by molar-refractivity contribution is 6.00. The molecule has 0 atom stereocenters. The maximum atomic E-state index is 14.1. The van der Waals surface area contributed by atoms with Crippen LogP contribution >= 0.6 is 0 Å². The molecule has 0 radical (unpaired) electrons. The zero-order valence-corrected chi connectivity index (χ0v) is 12.9. The summed E-state index contributed by atoms with van der Waals surface area (Å²) in [6.07, 6.45) is 1.04. The molecule has 134 valence electrons. The number of halogens is 4. The van der Waals surface area contributed by atoms with Crippen LogP contribution in [0.3, 0.4) is 0 Å². The molecule has 2 rings (SSSR count). The van der Waals surface area contributed by atoms with E-state index in [1.165, 1.54) is 0 Å². The predicted octanol–water partition coefficient (Wildman–Crippen LogP) is 3.10. The molecule has 0 bridgehead atoms. The summed E-state index contributed by atoms with van der Waals surface area (Å²) in [5, 5.41) is 12.0. The number of pyridine rings is 1. The highest BCUT2D eigenvalue weighted by Gasteiger charge is 2.24. The highest BCUT2D eigenvalue weighted by Crippen LogP contribution is 2.31. The minimum absolute atomic E-state index is 0.0446. The van der Waals surface area contributed by atoms with Crippen LogP contribution in [0.4, 0.5) is 29.1 Å². The number of carbonyl (C=O) groups is 1. The van der Waals surface area contributed by atoms with E-state index in [-0.39, 0.29) is 18.0 Å². The van der Waals surface area contributed by atoms with Crippen LogP contribution in [-0.2, 0) is 11.5 Å². The third kappa shape index (κ3) is 3.97. The van der Waals surface area contributed by atoms with E-state index in [0.717, 1.165) is 12.3 Å². The Morgan fingerprint density at radius 1 is 1.28 bits per heavy atom. The second kappa shape index (κ2) is 7.79. The van der Waals surface area contributed by atoms with Crippen molar-refractivity contribution in [1.29, 1.82) is 0 Å². The number of nitrogens with one attached hydrogen (secondary N) is 2. The molecule has 6 nitrogen and oxygen atoms in total. The van der Waals surface area contributed by atoms with E-state index in [1.54, 1.807) is 6.92 Å². The maximum Gasteiger partial charge on any atom is 0.277 e. The molecule has 1 amide bonds. The Labute approximate surface area is 139 Å². The quantitative estimate of drug-likeness (QED) is 0.419. The van der Waals surface area contributed by atoms with Crippen molar-refractivity contribution in [3.8, 4) is 5.75 Å². The minimum Gasteiger partial charge on any atom is -0.504 e. The molecule has 1 aromatic heterocycles. The van der Waals surface area contributed by atoms with E-state index in [0.29, 0.717) is 6.07 Å². The summed E-state index contributed by atoms with van der Waals surface area (Å²) in [5.74, 6) is -7.12. The van der Waals surface area contributed by atoms with Gasteiger partial charge in [-0.1, -0.05) is 0 Å². The van der Waals surface area contributed by atoms with E-state index in [9.17, 15) is 27.5 Å². The number of aromatic nitrogens is 1. The fraction of sp³-hybridized carbons (Fsp3) is 0.200. The van der Waals surface area contributed by atoms with E-state index in [1.807, 2.05) is 5.48 Å². The number of benzene rings is 1. The number of alkyl halides is 1. The molecular formula is C15H13F4N3O3. The molecule has 1 heterocycles. The number of hydrogen-bond acceptors (Lipinski definition) is 5. The molecule has 2 aromatic rings. The lowest BCUT2D eigenvalue weighted by Crippen LogP contribution is -2.25. The summed E-state index contributed by atoms with van der Waals surface area (Å²) in [4.78, 5) is 20.3. The Bertz CT molecular complexity index is 802. The normalized spacial score (nSPS) is 10.6. The number of anilines is 2. The predicted molar refractivity (Wildman–Crippen MR) is 79.4 cm³/mol. The third-order valence-electron chi connectivity index (χ3n) is 3.04. The molecule has 0 saturated heterocycles. The number of carbonyl (C=O) groups excluding carboxylic acids is 1. The zero-order chi connectivity index (χ0) is 18.6. The summed E-state index contributed by atoms with van der Waals surface area (Å²) in [7, 11) is 0.